The van der Waals surface area contributed by atoms with Crippen molar-refractivity contribution in [1.29, 1.82) is 0 Å². The number of hydrogen-bond donors (Lipinski definition) is 0. The Morgan fingerprint density at radius 2 is 2.35 bits per heavy atom. The lowest BCUT2D eigenvalue weighted by molar-refractivity contribution is 0.101. The van der Waals surface area contributed by atoms with Crippen molar-refractivity contribution in [2.75, 3.05) is 11.4 Å². The van der Waals surface area contributed by atoms with E-state index in [2.05, 4.69) is 16.8 Å². The Labute approximate surface area is 103 Å². The Morgan fingerprint density at radius 3 is 3.06 bits per heavy atom. The molecule has 17 heavy (non-hydrogen) atoms. The van der Waals surface area contributed by atoms with Crippen molar-refractivity contribution in [1.82, 2.24) is 4.98 Å². The van der Waals surface area contributed by atoms with Crippen LogP contribution in [-0.2, 0) is 0 Å². The van der Waals surface area contributed by atoms with Crippen LogP contribution in [0.5, 0.6) is 0 Å². The van der Waals surface area contributed by atoms with Crippen LogP contribution < -0.4 is 4.90 Å². The highest BCUT2D eigenvalue weighted by atomic mass is 16.1. The first-order chi connectivity index (χ1) is 8.24. The monoisotopic (exact) mass is 232 g/mol. The molecule has 0 bridgehead atoms. The fraction of sp³-hybridized carbons (Fsp3) is 0.571. The van der Waals surface area contributed by atoms with Gasteiger partial charge in [-0.05, 0) is 44.7 Å². The van der Waals surface area contributed by atoms with Gasteiger partial charge in [0.25, 0.3) is 0 Å². The molecule has 0 spiro atoms. The third-order valence-electron chi connectivity index (χ3n) is 3.54. The molecule has 2 heterocycles. The Kier molecular flexibility index (Phi) is 3.77. The minimum Gasteiger partial charge on any atom is -0.353 e. The summed E-state index contributed by atoms with van der Waals surface area (Å²) >= 11 is 0. The average molecular weight is 232 g/mol. The molecule has 3 heteroatoms. The highest BCUT2D eigenvalue weighted by Gasteiger charge is 2.24. The zero-order valence-electron chi connectivity index (χ0n) is 10.6. The Balaban J connectivity index is 2.34. The smallest absolute Gasteiger partial charge is 0.163 e. The third-order valence-corrected chi connectivity index (χ3v) is 3.54. The topological polar surface area (TPSA) is 33.2 Å². The molecule has 0 amide bonds. The molecular weight excluding hydrogens is 212 g/mol. The quantitative estimate of drug-likeness (QED) is 0.751. The largest absolute Gasteiger partial charge is 0.353 e. The molecule has 1 saturated heterocycles. The number of rotatable bonds is 3. The van der Waals surface area contributed by atoms with Crippen molar-refractivity contribution in [2.45, 2.75) is 45.6 Å². The summed E-state index contributed by atoms with van der Waals surface area (Å²) in [7, 11) is 0. The fourth-order valence-corrected chi connectivity index (χ4v) is 2.60. The van der Waals surface area contributed by atoms with E-state index in [1.54, 1.807) is 13.1 Å². The third kappa shape index (κ3) is 2.48. The van der Waals surface area contributed by atoms with Crippen LogP contribution in [0.1, 0.15) is 49.9 Å². The maximum absolute atomic E-state index is 11.6. The van der Waals surface area contributed by atoms with Gasteiger partial charge in [0.2, 0.25) is 0 Å². The van der Waals surface area contributed by atoms with E-state index < -0.39 is 0 Å². The van der Waals surface area contributed by atoms with Crippen LogP contribution in [0.2, 0.25) is 0 Å². The summed E-state index contributed by atoms with van der Waals surface area (Å²) in [5.41, 5.74) is 0.757. The first-order valence-electron chi connectivity index (χ1n) is 6.46. The van der Waals surface area contributed by atoms with Crippen LogP contribution in [0.3, 0.4) is 0 Å². The van der Waals surface area contributed by atoms with Gasteiger partial charge in [-0.15, -0.1) is 0 Å². The summed E-state index contributed by atoms with van der Waals surface area (Å²) in [6, 6.07) is 4.26. The Morgan fingerprint density at radius 1 is 1.53 bits per heavy atom. The number of ketones is 1. The van der Waals surface area contributed by atoms with Gasteiger partial charge in [0.05, 0.1) is 5.56 Å². The van der Waals surface area contributed by atoms with Crippen LogP contribution in [0.25, 0.3) is 0 Å². The molecule has 0 aliphatic carbocycles. The highest BCUT2D eigenvalue weighted by molar-refractivity contribution is 5.98. The number of Topliss-reactive ketones (excluding diaryl/α,β-unsaturated/α-hetero) is 1. The van der Waals surface area contributed by atoms with E-state index in [0.29, 0.717) is 6.04 Å². The summed E-state index contributed by atoms with van der Waals surface area (Å²) in [4.78, 5) is 18.4. The molecule has 3 nitrogen and oxygen atoms in total. The molecule has 1 atom stereocenters. The van der Waals surface area contributed by atoms with Crippen LogP contribution in [-0.4, -0.2) is 23.4 Å². The predicted octanol–water partition coefficient (Wildman–Crippen LogP) is 3.05. The van der Waals surface area contributed by atoms with E-state index >= 15 is 0 Å². The van der Waals surface area contributed by atoms with Crippen molar-refractivity contribution >= 4 is 11.6 Å². The van der Waals surface area contributed by atoms with Gasteiger partial charge in [0, 0.05) is 18.8 Å². The second-order valence-corrected chi connectivity index (χ2v) is 4.68. The Hall–Kier alpha value is -1.38. The lowest BCUT2D eigenvalue weighted by atomic mass is 9.99. The van der Waals surface area contributed by atoms with Gasteiger partial charge in [-0.25, -0.2) is 4.98 Å². The number of nitrogens with zero attached hydrogens (tertiary/aromatic N) is 2. The second kappa shape index (κ2) is 5.30. The summed E-state index contributed by atoms with van der Waals surface area (Å²) in [6.07, 6.45) is 6.60. The van der Waals surface area contributed by atoms with Gasteiger partial charge in [-0.1, -0.05) is 6.92 Å². The van der Waals surface area contributed by atoms with Crippen LogP contribution in [0.4, 0.5) is 5.82 Å². The zero-order valence-corrected chi connectivity index (χ0v) is 10.6. The van der Waals surface area contributed by atoms with Crippen molar-refractivity contribution in [3.8, 4) is 0 Å². The first-order valence-corrected chi connectivity index (χ1v) is 6.46. The van der Waals surface area contributed by atoms with E-state index in [0.717, 1.165) is 24.3 Å². The molecular formula is C14H20N2O. The van der Waals surface area contributed by atoms with Crippen LogP contribution in [0, 0.1) is 0 Å². The summed E-state index contributed by atoms with van der Waals surface area (Å²) in [5, 5.41) is 0. The molecule has 92 valence electrons. The van der Waals surface area contributed by atoms with E-state index in [1.807, 2.05) is 12.1 Å². The maximum atomic E-state index is 11.6. The van der Waals surface area contributed by atoms with Crippen LogP contribution in [0.15, 0.2) is 18.3 Å². The predicted molar refractivity (Wildman–Crippen MR) is 69.5 cm³/mol. The zero-order chi connectivity index (χ0) is 12.3. The van der Waals surface area contributed by atoms with Gasteiger partial charge in [0.1, 0.15) is 5.82 Å². The van der Waals surface area contributed by atoms with Crippen LogP contribution >= 0.6 is 0 Å². The second-order valence-electron chi connectivity index (χ2n) is 4.68. The molecule has 1 aliphatic heterocycles. The van der Waals surface area contributed by atoms with Crippen molar-refractivity contribution < 1.29 is 4.79 Å². The van der Waals surface area contributed by atoms with Gasteiger partial charge in [0.15, 0.2) is 5.78 Å². The number of carbonyl (C=O) groups excluding carboxylic acids is 1. The number of anilines is 1. The summed E-state index contributed by atoms with van der Waals surface area (Å²) in [5.74, 6) is 0.986. The summed E-state index contributed by atoms with van der Waals surface area (Å²) in [6.45, 7) is 4.85. The first kappa shape index (κ1) is 12.1. The molecule has 2 rings (SSSR count). The van der Waals surface area contributed by atoms with E-state index in [1.165, 1.54) is 19.3 Å². The number of piperidine rings is 1. The standard InChI is InChI=1S/C14H20N2O/c1-3-12-7-4-5-10-16(12)14-13(11(2)17)8-6-9-15-14/h6,8-9,12H,3-5,7,10H2,1-2H3. The van der Waals surface area contributed by atoms with E-state index in [-0.39, 0.29) is 5.78 Å². The number of aromatic nitrogens is 1. The maximum Gasteiger partial charge on any atom is 0.163 e. The number of carbonyl (C=O) groups is 1. The van der Waals surface area contributed by atoms with Gasteiger partial charge in [-0.3, -0.25) is 4.79 Å². The number of hydrogen-bond acceptors (Lipinski definition) is 3. The molecule has 1 fully saturated rings. The molecule has 0 saturated carbocycles. The van der Waals surface area contributed by atoms with E-state index in [9.17, 15) is 4.79 Å². The molecule has 0 radical (unpaired) electrons. The Bertz CT molecular complexity index is 403. The molecule has 0 aromatic carbocycles. The lowest BCUT2D eigenvalue weighted by Crippen LogP contribution is -2.40. The van der Waals surface area contributed by atoms with E-state index in [4.69, 9.17) is 0 Å². The fourth-order valence-electron chi connectivity index (χ4n) is 2.60. The van der Waals surface area contributed by atoms with Gasteiger partial charge < -0.3 is 4.90 Å². The molecule has 1 aromatic heterocycles. The molecule has 1 aromatic rings. The molecule has 1 unspecified atom stereocenters. The van der Waals surface area contributed by atoms with Gasteiger partial charge >= 0.3 is 0 Å². The highest BCUT2D eigenvalue weighted by Crippen LogP contribution is 2.27. The SMILES string of the molecule is CCC1CCCCN1c1ncccc1C(C)=O. The van der Waals surface area contributed by atoms with Crippen molar-refractivity contribution in [3.05, 3.63) is 23.9 Å². The van der Waals surface area contributed by atoms with Crippen molar-refractivity contribution in [3.63, 3.8) is 0 Å². The van der Waals surface area contributed by atoms with Gasteiger partial charge in [-0.2, -0.15) is 0 Å². The normalized spacial score (nSPS) is 20.4. The molecule has 0 N–H and O–H groups in total. The lowest BCUT2D eigenvalue weighted by Gasteiger charge is -2.37. The number of pyridine rings is 1. The minimum absolute atomic E-state index is 0.105. The van der Waals surface area contributed by atoms with Crippen molar-refractivity contribution in [2.24, 2.45) is 0 Å². The summed E-state index contributed by atoms with van der Waals surface area (Å²) < 4.78 is 0. The minimum atomic E-state index is 0.105. The average Bonchev–Trinajstić information content (AvgIpc) is 2.38. The molecule has 1 aliphatic rings.